The molecule has 5 rings (SSSR count). The van der Waals surface area contributed by atoms with E-state index < -0.39 is 0 Å². The third-order valence-electron chi connectivity index (χ3n) is 9.05. The normalized spacial score (nSPS) is 43.8. The predicted octanol–water partition coefficient (Wildman–Crippen LogP) is 7.28. The van der Waals surface area contributed by atoms with Crippen LogP contribution < -0.4 is 0 Å². The summed E-state index contributed by atoms with van der Waals surface area (Å²) in [6.07, 6.45) is 34.7. The number of hydrogen-bond donors (Lipinski definition) is 0. The van der Waals surface area contributed by atoms with Crippen LogP contribution in [-0.2, 0) is 0 Å². The van der Waals surface area contributed by atoms with Gasteiger partial charge in [0.1, 0.15) is 0 Å². The molecule has 3 saturated carbocycles. The summed E-state index contributed by atoms with van der Waals surface area (Å²) in [5.41, 5.74) is 0.607. The molecular formula is C27H36. The SMILES string of the molecule is C=CCCC1CCC(C2(C3C4C=CC=CC4C4C=CC=CC43)CCCC2)C1. The Hall–Kier alpha value is -1.30. The van der Waals surface area contributed by atoms with Crippen LogP contribution in [0.5, 0.6) is 0 Å². The molecule has 0 aromatic rings. The van der Waals surface area contributed by atoms with Crippen molar-refractivity contribution in [2.45, 2.75) is 57.8 Å². The van der Waals surface area contributed by atoms with Crippen LogP contribution in [-0.4, -0.2) is 0 Å². The number of hydrogen-bond acceptors (Lipinski definition) is 0. The van der Waals surface area contributed by atoms with E-state index in [1.54, 1.807) is 0 Å². The number of fused-ring (bicyclic) bond motifs is 3. The summed E-state index contributed by atoms with van der Waals surface area (Å²) in [5.74, 6) is 5.80. The van der Waals surface area contributed by atoms with Crippen molar-refractivity contribution in [1.29, 1.82) is 0 Å². The van der Waals surface area contributed by atoms with Gasteiger partial charge >= 0.3 is 0 Å². The molecule has 0 amide bonds. The quantitative estimate of drug-likeness (QED) is 0.452. The Labute approximate surface area is 166 Å². The highest BCUT2D eigenvalue weighted by Gasteiger charge is 2.59. The average molecular weight is 361 g/mol. The summed E-state index contributed by atoms with van der Waals surface area (Å²) in [6.45, 7) is 3.96. The van der Waals surface area contributed by atoms with Gasteiger partial charge in [0.15, 0.2) is 0 Å². The molecule has 3 fully saturated rings. The molecule has 144 valence electrons. The van der Waals surface area contributed by atoms with Crippen LogP contribution >= 0.6 is 0 Å². The highest BCUT2D eigenvalue weighted by Crippen LogP contribution is 2.66. The molecule has 5 aliphatic rings. The van der Waals surface area contributed by atoms with Crippen LogP contribution in [0.15, 0.2) is 61.3 Å². The maximum atomic E-state index is 3.96. The standard InChI is InChI=1S/C27H36/c1-2-3-10-20-15-16-21(19-20)27(17-8-9-18-27)26-24-13-6-4-11-22(24)23-12-5-7-14-25(23)26/h2,4-7,11-14,20-26H,1,3,8-10,15-19H2. The van der Waals surface area contributed by atoms with Crippen LogP contribution in [0.4, 0.5) is 0 Å². The molecule has 0 radical (unpaired) electrons. The zero-order valence-electron chi connectivity index (χ0n) is 16.8. The first-order valence-electron chi connectivity index (χ1n) is 11.6. The molecule has 0 aromatic heterocycles. The Morgan fingerprint density at radius 2 is 1.41 bits per heavy atom. The lowest BCUT2D eigenvalue weighted by molar-refractivity contribution is 0.0394. The predicted molar refractivity (Wildman–Crippen MR) is 115 cm³/mol. The third kappa shape index (κ3) is 2.86. The molecule has 0 nitrogen and oxygen atoms in total. The fourth-order valence-corrected chi connectivity index (χ4v) is 8.05. The lowest BCUT2D eigenvalue weighted by Gasteiger charge is -2.46. The average Bonchev–Trinajstić information content (AvgIpc) is 3.43. The molecule has 0 spiro atoms. The first-order valence-corrected chi connectivity index (χ1v) is 11.6. The van der Waals surface area contributed by atoms with Crippen LogP contribution in [0.1, 0.15) is 57.8 Å². The van der Waals surface area contributed by atoms with E-state index in [0.717, 1.165) is 41.4 Å². The molecule has 0 saturated heterocycles. The Morgan fingerprint density at radius 1 is 0.815 bits per heavy atom. The summed E-state index contributed by atoms with van der Waals surface area (Å²) in [5, 5.41) is 0. The van der Waals surface area contributed by atoms with Gasteiger partial charge in [0.2, 0.25) is 0 Å². The Morgan fingerprint density at radius 3 is 2.00 bits per heavy atom. The van der Waals surface area contributed by atoms with Gasteiger partial charge in [0.25, 0.3) is 0 Å². The van der Waals surface area contributed by atoms with Crippen molar-refractivity contribution >= 4 is 0 Å². The van der Waals surface area contributed by atoms with E-state index >= 15 is 0 Å². The van der Waals surface area contributed by atoms with Crippen molar-refractivity contribution < 1.29 is 0 Å². The highest BCUT2D eigenvalue weighted by atomic mass is 14.6. The molecule has 27 heavy (non-hydrogen) atoms. The maximum Gasteiger partial charge on any atom is -0.00954 e. The van der Waals surface area contributed by atoms with Crippen LogP contribution in [0.2, 0.25) is 0 Å². The van der Waals surface area contributed by atoms with Crippen molar-refractivity contribution in [1.82, 2.24) is 0 Å². The molecule has 6 unspecified atom stereocenters. The molecular weight excluding hydrogens is 324 g/mol. The summed E-state index contributed by atoms with van der Waals surface area (Å²) < 4.78 is 0. The van der Waals surface area contributed by atoms with E-state index in [9.17, 15) is 0 Å². The molecule has 0 aromatic carbocycles. The van der Waals surface area contributed by atoms with E-state index in [4.69, 9.17) is 0 Å². The van der Waals surface area contributed by atoms with Crippen molar-refractivity contribution in [3.63, 3.8) is 0 Å². The topological polar surface area (TPSA) is 0 Å². The molecule has 0 N–H and O–H groups in total. The van der Waals surface area contributed by atoms with E-state index in [0.29, 0.717) is 5.41 Å². The van der Waals surface area contributed by atoms with Crippen molar-refractivity contribution in [2.75, 3.05) is 0 Å². The highest BCUT2D eigenvalue weighted by molar-refractivity contribution is 5.30. The first-order chi connectivity index (χ1) is 13.3. The minimum atomic E-state index is 0.607. The third-order valence-corrected chi connectivity index (χ3v) is 9.05. The fourth-order valence-electron chi connectivity index (χ4n) is 8.05. The number of allylic oxidation sites excluding steroid dienone is 9. The van der Waals surface area contributed by atoms with Gasteiger partial charge in [-0.05, 0) is 85.4 Å². The second-order valence-corrected chi connectivity index (χ2v) is 10.1. The number of rotatable bonds is 5. The second kappa shape index (κ2) is 7.26. The van der Waals surface area contributed by atoms with Gasteiger partial charge in [-0.1, -0.05) is 73.9 Å². The van der Waals surface area contributed by atoms with E-state index in [-0.39, 0.29) is 0 Å². The van der Waals surface area contributed by atoms with Gasteiger partial charge in [-0.3, -0.25) is 0 Å². The summed E-state index contributed by atoms with van der Waals surface area (Å²) in [7, 11) is 0. The van der Waals surface area contributed by atoms with Crippen molar-refractivity contribution in [3.05, 3.63) is 61.3 Å². The lowest BCUT2D eigenvalue weighted by Crippen LogP contribution is -2.40. The van der Waals surface area contributed by atoms with Gasteiger partial charge in [-0.25, -0.2) is 0 Å². The van der Waals surface area contributed by atoms with Crippen molar-refractivity contribution in [2.24, 2.45) is 46.8 Å². The Balaban J connectivity index is 1.47. The Bertz CT molecular complexity index is 634. The lowest BCUT2D eigenvalue weighted by atomic mass is 9.58. The molecule has 0 heteroatoms. The molecule has 0 aliphatic heterocycles. The second-order valence-electron chi connectivity index (χ2n) is 10.1. The molecule has 5 aliphatic carbocycles. The van der Waals surface area contributed by atoms with Gasteiger partial charge in [-0.15, -0.1) is 6.58 Å². The first kappa shape index (κ1) is 17.8. The minimum Gasteiger partial charge on any atom is -0.103 e. The van der Waals surface area contributed by atoms with E-state index in [1.807, 2.05) is 0 Å². The van der Waals surface area contributed by atoms with Gasteiger partial charge < -0.3 is 0 Å². The summed E-state index contributed by atoms with van der Waals surface area (Å²) >= 11 is 0. The van der Waals surface area contributed by atoms with Crippen LogP contribution in [0.3, 0.4) is 0 Å². The van der Waals surface area contributed by atoms with Crippen LogP contribution in [0.25, 0.3) is 0 Å². The minimum absolute atomic E-state index is 0.607. The van der Waals surface area contributed by atoms with Gasteiger partial charge in [-0.2, -0.15) is 0 Å². The van der Waals surface area contributed by atoms with Crippen molar-refractivity contribution in [3.8, 4) is 0 Å². The monoisotopic (exact) mass is 360 g/mol. The molecule has 6 atom stereocenters. The molecule has 0 heterocycles. The van der Waals surface area contributed by atoms with E-state index in [1.165, 1.54) is 57.8 Å². The maximum absolute atomic E-state index is 3.96. The fraction of sp³-hybridized carbons (Fsp3) is 0.630. The zero-order chi connectivity index (χ0) is 18.3. The van der Waals surface area contributed by atoms with Gasteiger partial charge in [0, 0.05) is 0 Å². The molecule has 0 bridgehead atoms. The zero-order valence-corrected chi connectivity index (χ0v) is 16.8. The largest absolute Gasteiger partial charge is 0.103 e. The smallest absolute Gasteiger partial charge is 0.00954 e. The van der Waals surface area contributed by atoms with Gasteiger partial charge in [0.05, 0.1) is 0 Å². The van der Waals surface area contributed by atoms with Crippen LogP contribution in [0, 0.1) is 46.8 Å². The summed E-state index contributed by atoms with van der Waals surface area (Å²) in [4.78, 5) is 0. The Kier molecular flexibility index (Phi) is 4.78. The summed E-state index contributed by atoms with van der Waals surface area (Å²) in [6, 6.07) is 0. The van der Waals surface area contributed by atoms with E-state index in [2.05, 4.69) is 61.3 Å².